The first-order valence-corrected chi connectivity index (χ1v) is 17.0. The Morgan fingerprint density at radius 3 is 1.37 bits per heavy atom. The fourth-order valence-corrected chi connectivity index (χ4v) is 4.30. The Hall–Kier alpha value is -3.32. The number of fused-ring (bicyclic) bond motifs is 3. The van der Waals surface area contributed by atoms with Crippen molar-refractivity contribution in [2.24, 2.45) is 11.8 Å². The van der Waals surface area contributed by atoms with Gasteiger partial charge in [0.15, 0.2) is 0 Å². The number of para-hydroxylation sites is 1. The molecule has 1 heterocycles. The second-order valence-corrected chi connectivity index (χ2v) is 9.69. The average Bonchev–Trinajstić information content (AvgIpc) is 3.44. The number of hydrogen-bond acceptors (Lipinski definition) is 1. The summed E-state index contributed by atoms with van der Waals surface area (Å²) in [5.41, 5.74) is 7.35. The molecule has 0 saturated carbocycles. The first-order valence-electron chi connectivity index (χ1n) is 17.0. The second kappa shape index (κ2) is 26.3. The molecular weight excluding hydrogens is 520 g/mol. The van der Waals surface area contributed by atoms with Gasteiger partial charge in [0.2, 0.25) is 0 Å². The van der Waals surface area contributed by atoms with Crippen LogP contribution in [0.1, 0.15) is 108 Å². The number of furan rings is 1. The van der Waals surface area contributed by atoms with E-state index in [1.54, 1.807) is 0 Å². The van der Waals surface area contributed by atoms with E-state index in [4.69, 9.17) is 4.42 Å². The van der Waals surface area contributed by atoms with E-state index < -0.39 is 0 Å². The van der Waals surface area contributed by atoms with Crippen LogP contribution < -0.4 is 0 Å². The number of benzene rings is 4. The molecule has 5 aromatic rings. The van der Waals surface area contributed by atoms with E-state index >= 15 is 0 Å². The van der Waals surface area contributed by atoms with Gasteiger partial charge >= 0.3 is 0 Å². The van der Waals surface area contributed by atoms with Gasteiger partial charge in [-0.1, -0.05) is 182 Å². The maximum Gasteiger partial charge on any atom is 0.135 e. The third-order valence-corrected chi connectivity index (χ3v) is 5.79. The summed E-state index contributed by atoms with van der Waals surface area (Å²) in [6.45, 7) is 29.0. The Bertz CT molecular complexity index is 1290. The zero-order chi connectivity index (χ0) is 33.2. The standard InChI is InChI=1S/C16H16O.C16H18.5C2H6/c1-11(2)9-12-7-8-14-13-5-3-4-6-15(13)17-16(14)10-12;1-13(2)12-14-8-10-16(11-9-14)15-6-4-3-5-7-15;5*1-2/h3-8,10-11H,9H2,1-2H3;3-11,13H,12H2,1-2H3;5*1-2H3. The van der Waals surface area contributed by atoms with Crippen LogP contribution in [0.5, 0.6) is 0 Å². The highest BCUT2D eigenvalue weighted by atomic mass is 16.3. The lowest BCUT2D eigenvalue weighted by molar-refractivity contribution is 0.642. The van der Waals surface area contributed by atoms with Gasteiger partial charge in [0, 0.05) is 10.8 Å². The van der Waals surface area contributed by atoms with Gasteiger partial charge in [-0.3, -0.25) is 0 Å². The van der Waals surface area contributed by atoms with Crippen LogP contribution >= 0.6 is 0 Å². The molecule has 0 atom stereocenters. The molecule has 0 bridgehead atoms. The van der Waals surface area contributed by atoms with Crippen LogP contribution in [0.4, 0.5) is 0 Å². The van der Waals surface area contributed by atoms with Crippen LogP contribution in [0.2, 0.25) is 0 Å². The molecule has 0 N–H and O–H groups in total. The Morgan fingerprint density at radius 1 is 0.419 bits per heavy atom. The number of rotatable bonds is 5. The lowest BCUT2D eigenvalue weighted by Gasteiger charge is -2.06. The van der Waals surface area contributed by atoms with E-state index in [-0.39, 0.29) is 0 Å². The molecule has 1 heteroatoms. The Kier molecular flexibility index (Phi) is 25.6. The molecule has 0 aliphatic heterocycles. The van der Waals surface area contributed by atoms with Crippen molar-refractivity contribution in [1.82, 2.24) is 0 Å². The van der Waals surface area contributed by atoms with Gasteiger partial charge in [-0.2, -0.15) is 0 Å². The van der Waals surface area contributed by atoms with Gasteiger partial charge in [0.05, 0.1) is 0 Å². The fourth-order valence-electron chi connectivity index (χ4n) is 4.30. The van der Waals surface area contributed by atoms with Crippen LogP contribution in [0.3, 0.4) is 0 Å². The predicted octanol–water partition coefficient (Wildman–Crippen LogP) is 14.5. The van der Waals surface area contributed by atoms with Crippen LogP contribution in [0.25, 0.3) is 33.1 Å². The summed E-state index contributed by atoms with van der Waals surface area (Å²) in [6, 6.07) is 34.2. The summed E-state index contributed by atoms with van der Waals surface area (Å²) in [7, 11) is 0. The molecule has 1 aromatic heterocycles. The molecule has 238 valence electrons. The van der Waals surface area contributed by atoms with Crippen LogP contribution in [-0.2, 0) is 12.8 Å². The number of hydrogen-bond donors (Lipinski definition) is 0. The smallest absolute Gasteiger partial charge is 0.135 e. The zero-order valence-electron chi connectivity index (χ0n) is 30.2. The Morgan fingerprint density at radius 2 is 0.837 bits per heavy atom. The summed E-state index contributed by atoms with van der Waals surface area (Å²) < 4.78 is 5.87. The summed E-state index contributed by atoms with van der Waals surface area (Å²) >= 11 is 0. The third kappa shape index (κ3) is 15.1. The van der Waals surface area contributed by atoms with E-state index in [9.17, 15) is 0 Å². The van der Waals surface area contributed by atoms with Gasteiger partial charge in [-0.05, 0) is 59.1 Å². The minimum atomic E-state index is 0.678. The first kappa shape index (κ1) is 41.8. The summed E-state index contributed by atoms with van der Waals surface area (Å²) in [5.74, 6) is 1.40. The van der Waals surface area contributed by atoms with Crippen molar-refractivity contribution in [2.75, 3.05) is 0 Å². The van der Waals surface area contributed by atoms with Crippen molar-refractivity contribution >= 4 is 21.9 Å². The van der Waals surface area contributed by atoms with Gasteiger partial charge in [0.1, 0.15) is 11.2 Å². The molecule has 0 fully saturated rings. The SMILES string of the molecule is CC.CC.CC.CC.CC.CC(C)Cc1ccc(-c2ccccc2)cc1.CC(C)Cc1ccc2c(c1)oc1ccccc12. The molecule has 0 saturated heterocycles. The van der Waals surface area contributed by atoms with Crippen molar-refractivity contribution < 1.29 is 4.42 Å². The van der Waals surface area contributed by atoms with Crippen molar-refractivity contribution in [3.05, 3.63) is 108 Å². The summed E-state index contributed by atoms with van der Waals surface area (Å²) in [6.07, 6.45) is 2.27. The van der Waals surface area contributed by atoms with Gasteiger partial charge in [-0.15, -0.1) is 0 Å². The molecule has 0 unspecified atom stereocenters. The Labute approximate surface area is 266 Å². The highest BCUT2D eigenvalue weighted by Gasteiger charge is 2.07. The van der Waals surface area contributed by atoms with Crippen molar-refractivity contribution in [3.8, 4) is 11.1 Å². The molecular formula is C42H64O. The minimum Gasteiger partial charge on any atom is -0.456 e. The van der Waals surface area contributed by atoms with Crippen molar-refractivity contribution in [3.63, 3.8) is 0 Å². The van der Waals surface area contributed by atoms with E-state index in [0.29, 0.717) is 5.92 Å². The van der Waals surface area contributed by atoms with E-state index in [0.717, 1.165) is 29.9 Å². The van der Waals surface area contributed by atoms with E-state index in [1.165, 1.54) is 33.0 Å². The quantitative estimate of drug-likeness (QED) is 0.200. The highest BCUT2D eigenvalue weighted by Crippen LogP contribution is 2.29. The fraction of sp³-hybridized carbons (Fsp3) is 0.429. The molecule has 1 nitrogen and oxygen atoms in total. The largest absolute Gasteiger partial charge is 0.456 e. The van der Waals surface area contributed by atoms with Crippen molar-refractivity contribution in [2.45, 2.75) is 110 Å². The molecule has 0 radical (unpaired) electrons. The van der Waals surface area contributed by atoms with Gasteiger partial charge in [-0.25, -0.2) is 0 Å². The average molecular weight is 585 g/mol. The zero-order valence-corrected chi connectivity index (χ0v) is 30.2. The van der Waals surface area contributed by atoms with E-state index in [1.807, 2.05) is 81.4 Å². The van der Waals surface area contributed by atoms with Crippen LogP contribution in [0, 0.1) is 11.8 Å². The predicted molar refractivity (Wildman–Crippen MR) is 199 cm³/mol. The van der Waals surface area contributed by atoms with E-state index in [2.05, 4.69) is 113 Å². The lowest BCUT2D eigenvalue weighted by Crippen LogP contribution is -1.93. The normalized spacial score (nSPS) is 9.30. The van der Waals surface area contributed by atoms with Gasteiger partial charge < -0.3 is 4.42 Å². The minimum absolute atomic E-state index is 0.678. The Balaban J connectivity index is 0. The van der Waals surface area contributed by atoms with Crippen LogP contribution in [-0.4, -0.2) is 0 Å². The third-order valence-electron chi connectivity index (χ3n) is 5.79. The molecule has 4 aromatic carbocycles. The summed E-state index contributed by atoms with van der Waals surface area (Å²) in [5, 5.41) is 2.42. The topological polar surface area (TPSA) is 13.1 Å². The molecule has 43 heavy (non-hydrogen) atoms. The maximum absolute atomic E-state index is 5.87. The summed E-state index contributed by atoms with van der Waals surface area (Å²) in [4.78, 5) is 0. The lowest BCUT2D eigenvalue weighted by atomic mass is 9.99. The van der Waals surface area contributed by atoms with Crippen molar-refractivity contribution in [1.29, 1.82) is 0 Å². The monoisotopic (exact) mass is 584 g/mol. The van der Waals surface area contributed by atoms with Crippen LogP contribution in [0.15, 0.2) is 101 Å². The highest BCUT2D eigenvalue weighted by molar-refractivity contribution is 6.04. The first-order chi connectivity index (χ1) is 21.0. The molecule has 0 aliphatic carbocycles. The molecule has 0 spiro atoms. The molecule has 0 amide bonds. The maximum atomic E-state index is 5.87. The molecule has 5 rings (SSSR count). The second-order valence-electron chi connectivity index (χ2n) is 9.69. The van der Waals surface area contributed by atoms with Gasteiger partial charge in [0.25, 0.3) is 0 Å². The molecule has 0 aliphatic rings.